The molecule has 100 valence electrons. The number of carbonyl (C=O) groups excluding carboxylic acids is 1. The molecule has 0 unspecified atom stereocenters. The smallest absolute Gasteiger partial charge is 0.306 e. The quantitative estimate of drug-likeness (QED) is 0.299. The molecule has 0 saturated heterocycles. The molecule has 0 saturated carbocycles. The Balaban J connectivity index is 3.17. The first-order chi connectivity index (χ1) is 8.31. The molecule has 0 aliphatic rings. The van der Waals surface area contributed by atoms with Crippen molar-refractivity contribution in [2.75, 3.05) is 6.61 Å². The van der Waals surface area contributed by atoms with Gasteiger partial charge in [-0.15, -0.1) is 0 Å². The summed E-state index contributed by atoms with van der Waals surface area (Å²) in [6.45, 7) is 4.57. The molecule has 0 aromatic carbocycles. The fourth-order valence-electron chi connectivity index (χ4n) is 1.71. The van der Waals surface area contributed by atoms with Crippen molar-refractivity contribution in [1.29, 1.82) is 0 Å². The number of allylic oxidation sites excluding steroid dienone is 2. The highest BCUT2D eigenvalue weighted by Crippen LogP contribution is 2.07. The van der Waals surface area contributed by atoms with Gasteiger partial charge in [0.2, 0.25) is 0 Å². The molecule has 0 N–H and O–H groups in total. The first-order valence-corrected chi connectivity index (χ1v) is 7.11. The van der Waals surface area contributed by atoms with Gasteiger partial charge in [-0.05, 0) is 26.2 Å². The Kier molecular flexibility index (Phi) is 12.7. The van der Waals surface area contributed by atoms with Gasteiger partial charge in [0, 0.05) is 6.42 Å². The summed E-state index contributed by atoms with van der Waals surface area (Å²) in [6, 6.07) is 0. The van der Waals surface area contributed by atoms with Crippen molar-refractivity contribution in [2.45, 2.75) is 71.6 Å². The second-order valence-electron chi connectivity index (χ2n) is 4.37. The lowest BCUT2D eigenvalue weighted by Crippen LogP contribution is -2.02. The first kappa shape index (κ1) is 16.2. The predicted octanol–water partition coefficient (Wildman–Crippen LogP) is 4.64. The van der Waals surface area contributed by atoms with Crippen LogP contribution in [0.4, 0.5) is 0 Å². The summed E-state index contributed by atoms with van der Waals surface area (Å²) in [4.78, 5) is 11.0. The highest BCUT2D eigenvalue weighted by Gasteiger charge is 1.97. The summed E-state index contributed by atoms with van der Waals surface area (Å²) in [5, 5.41) is 0. The largest absolute Gasteiger partial charge is 0.466 e. The van der Waals surface area contributed by atoms with E-state index in [1.807, 2.05) is 6.92 Å². The molecule has 0 aromatic rings. The van der Waals surface area contributed by atoms with E-state index in [1.54, 1.807) is 0 Å². The third kappa shape index (κ3) is 13.1. The predicted molar refractivity (Wildman–Crippen MR) is 73.0 cm³/mol. The Morgan fingerprint density at radius 1 is 0.941 bits per heavy atom. The molecule has 0 bridgehead atoms. The second-order valence-corrected chi connectivity index (χ2v) is 4.37. The van der Waals surface area contributed by atoms with Gasteiger partial charge in [0.25, 0.3) is 0 Å². The van der Waals surface area contributed by atoms with Gasteiger partial charge in [-0.1, -0.05) is 51.2 Å². The molecule has 0 aliphatic carbocycles. The van der Waals surface area contributed by atoms with E-state index in [4.69, 9.17) is 4.74 Å². The fourth-order valence-corrected chi connectivity index (χ4v) is 1.71. The van der Waals surface area contributed by atoms with Gasteiger partial charge in [-0.3, -0.25) is 4.79 Å². The van der Waals surface area contributed by atoms with E-state index in [-0.39, 0.29) is 5.97 Å². The van der Waals surface area contributed by atoms with Crippen molar-refractivity contribution in [3.63, 3.8) is 0 Å². The number of unbranched alkanes of at least 4 members (excludes halogenated alkanes) is 6. The van der Waals surface area contributed by atoms with Crippen LogP contribution in [0.1, 0.15) is 71.6 Å². The summed E-state index contributed by atoms with van der Waals surface area (Å²) in [7, 11) is 0. The highest BCUT2D eigenvalue weighted by atomic mass is 16.5. The summed E-state index contributed by atoms with van der Waals surface area (Å²) in [5.74, 6) is -0.0864. The molecule has 0 heterocycles. The van der Waals surface area contributed by atoms with E-state index in [0.29, 0.717) is 13.0 Å². The SMILES string of the molecule is CCCCCCCCC=CCCC(=O)OCC. The van der Waals surface area contributed by atoms with E-state index in [2.05, 4.69) is 19.1 Å². The van der Waals surface area contributed by atoms with Crippen molar-refractivity contribution < 1.29 is 9.53 Å². The molecule has 0 spiro atoms. The lowest BCUT2D eigenvalue weighted by Gasteiger charge is -1.99. The molecular weight excluding hydrogens is 212 g/mol. The van der Waals surface area contributed by atoms with Crippen LogP contribution >= 0.6 is 0 Å². The average Bonchev–Trinajstić information content (AvgIpc) is 2.32. The zero-order valence-electron chi connectivity index (χ0n) is 11.5. The fraction of sp³-hybridized carbons (Fsp3) is 0.800. The standard InChI is InChI=1S/C15H28O2/c1-3-5-6-7-8-9-10-11-12-13-14-15(16)17-4-2/h11-12H,3-10,13-14H2,1-2H3. The van der Waals surface area contributed by atoms with Gasteiger partial charge < -0.3 is 4.74 Å². The third-order valence-corrected chi connectivity index (χ3v) is 2.71. The maximum Gasteiger partial charge on any atom is 0.306 e. The second kappa shape index (κ2) is 13.3. The van der Waals surface area contributed by atoms with Gasteiger partial charge in [0.15, 0.2) is 0 Å². The summed E-state index contributed by atoms with van der Waals surface area (Å²) in [6.07, 6.45) is 14.8. The summed E-state index contributed by atoms with van der Waals surface area (Å²) >= 11 is 0. The van der Waals surface area contributed by atoms with Crippen LogP contribution in [0.3, 0.4) is 0 Å². The minimum absolute atomic E-state index is 0.0864. The number of rotatable bonds is 11. The average molecular weight is 240 g/mol. The van der Waals surface area contributed by atoms with E-state index >= 15 is 0 Å². The normalized spacial score (nSPS) is 10.9. The number of ether oxygens (including phenoxy) is 1. The maximum atomic E-state index is 11.0. The molecule has 0 fully saturated rings. The molecule has 0 rings (SSSR count). The van der Waals surface area contributed by atoms with Crippen LogP contribution in [-0.4, -0.2) is 12.6 Å². The van der Waals surface area contributed by atoms with Crippen LogP contribution in [0.2, 0.25) is 0 Å². The van der Waals surface area contributed by atoms with Gasteiger partial charge in [0.1, 0.15) is 0 Å². The topological polar surface area (TPSA) is 26.3 Å². The monoisotopic (exact) mass is 240 g/mol. The summed E-state index contributed by atoms with van der Waals surface area (Å²) < 4.78 is 4.85. The maximum absolute atomic E-state index is 11.0. The van der Waals surface area contributed by atoms with Crippen LogP contribution in [0.5, 0.6) is 0 Å². The van der Waals surface area contributed by atoms with Crippen molar-refractivity contribution >= 4 is 5.97 Å². The van der Waals surface area contributed by atoms with Crippen molar-refractivity contribution in [3.05, 3.63) is 12.2 Å². The van der Waals surface area contributed by atoms with Crippen LogP contribution in [0.25, 0.3) is 0 Å². The van der Waals surface area contributed by atoms with Crippen LogP contribution in [-0.2, 0) is 9.53 Å². The van der Waals surface area contributed by atoms with Crippen LogP contribution in [0, 0.1) is 0 Å². The Morgan fingerprint density at radius 2 is 1.59 bits per heavy atom. The molecule has 2 nitrogen and oxygen atoms in total. The van der Waals surface area contributed by atoms with Crippen LogP contribution < -0.4 is 0 Å². The van der Waals surface area contributed by atoms with Gasteiger partial charge in [0.05, 0.1) is 6.61 Å². The van der Waals surface area contributed by atoms with E-state index in [1.165, 1.54) is 38.5 Å². The zero-order chi connectivity index (χ0) is 12.8. The number of hydrogen-bond donors (Lipinski definition) is 0. The number of hydrogen-bond acceptors (Lipinski definition) is 2. The van der Waals surface area contributed by atoms with E-state index in [0.717, 1.165) is 12.8 Å². The zero-order valence-corrected chi connectivity index (χ0v) is 11.5. The van der Waals surface area contributed by atoms with Crippen molar-refractivity contribution in [3.8, 4) is 0 Å². The van der Waals surface area contributed by atoms with E-state index in [9.17, 15) is 4.79 Å². The molecule has 2 heteroatoms. The van der Waals surface area contributed by atoms with Gasteiger partial charge >= 0.3 is 5.97 Å². The molecular formula is C15H28O2. The van der Waals surface area contributed by atoms with Gasteiger partial charge in [-0.25, -0.2) is 0 Å². The molecule has 0 atom stereocenters. The van der Waals surface area contributed by atoms with Crippen molar-refractivity contribution in [2.24, 2.45) is 0 Å². The number of carbonyl (C=O) groups is 1. The lowest BCUT2D eigenvalue weighted by molar-refractivity contribution is -0.142. The summed E-state index contributed by atoms with van der Waals surface area (Å²) in [5.41, 5.74) is 0. The van der Waals surface area contributed by atoms with Crippen LogP contribution in [0.15, 0.2) is 12.2 Å². The van der Waals surface area contributed by atoms with Gasteiger partial charge in [-0.2, -0.15) is 0 Å². The Bertz CT molecular complexity index is 197. The Labute approximate surface area is 106 Å². The Morgan fingerprint density at radius 3 is 2.29 bits per heavy atom. The third-order valence-electron chi connectivity index (χ3n) is 2.71. The first-order valence-electron chi connectivity index (χ1n) is 7.11. The Hall–Kier alpha value is -0.790. The minimum atomic E-state index is -0.0864. The molecule has 0 aliphatic heterocycles. The molecule has 17 heavy (non-hydrogen) atoms. The minimum Gasteiger partial charge on any atom is -0.466 e. The molecule has 0 radical (unpaired) electrons. The molecule has 0 amide bonds. The molecule has 0 aromatic heterocycles. The highest BCUT2D eigenvalue weighted by molar-refractivity contribution is 5.69. The van der Waals surface area contributed by atoms with Crippen molar-refractivity contribution in [1.82, 2.24) is 0 Å². The number of esters is 1. The van der Waals surface area contributed by atoms with E-state index < -0.39 is 0 Å². The lowest BCUT2D eigenvalue weighted by atomic mass is 10.1.